The van der Waals surface area contributed by atoms with Gasteiger partial charge in [-0.15, -0.1) is 0 Å². The highest BCUT2D eigenvalue weighted by Crippen LogP contribution is 2.15. The summed E-state index contributed by atoms with van der Waals surface area (Å²) in [4.78, 5) is 47.9. The maximum Gasteiger partial charge on any atom is 0.312 e. The standard InChI is InChI=1S/C17H21FN2O6/c1-3-25-13(21)9-11(17(24)26-4-2)14(15(19)22)20-16(23)10-7-5-6-8-12(10)18/h5-8,11,14H,3-4,9H2,1-2H3,(H2,19,22)(H,20,23)/t11-,14-/m0/s1. The van der Waals surface area contributed by atoms with E-state index in [-0.39, 0.29) is 18.8 Å². The molecule has 0 spiro atoms. The fraction of sp³-hybridized carbons (Fsp3) is 0.412. The molecule has 1 aromatic carbocycles. The van der Waals surface area contributed by atoms with Crippen molar-refractivity contribution in [3.63, 3.8) is 0 Å². The molecule has 0 heterocycles. The van der Waals surface area contributed by atoms with Crippen LogP contribution < -0.4 is 11.1 Å². The number of carbonyl (C=O) groups is 4. The third-order valence-corrected chi connectivity index (χ3v) is 3.40. The predicted octanol–water partition coefficient (Wildman–Crippen LogP) is 0.542. The molecule has 0 fully saturated rings. The van der Waals surface area contributed by atoms with Crippen LogP contribution in [0.4, 0.5) is 4.39 Å². The van der Waals surface area contributed by atoms with Crippen molar-refractivity contribution in [1.29, 1.82) is 0 Å². The number of nitrogens with two attached hydrogens (primary N) is 1. The van der Waals surface area contributed by atoms with Crippen LogP contribution >= 0.6 is 0 Å². The highest BCUT2D eigenvalue weighted by atomic mass is 19.1. The molecular formula is C17H21FN2O6. The second kappa shape index (κ2) is 10.1. The highest BCUT2D eigenvalue weighted by Gasteiger charge is 2.37. The normalized spacial score (nSPS) is 12.6. The molecule has 0 radical (unpaired) electrons. The molecule has 1 rings (SSSR count). The van der Waals surface area contributed by atoms with Crippen molar-refractivity contribution in [1.82, 2.24) is 5.32 Å². The number of nitrogens with one attached hydrogen (secondary N) is 1. The number of hydrogen-bond acceptors (Lipinski definition) is 6. The lowest BCUT2D eigenvalue weighted by atomic mass is 9.95. The average molecular weight is 368 g/mol. The first-order chi connectivity index (χ1) is 12.3. The third-order valence-electron chi connectivity index (χ3n) is 3.40. The molecule has 0 aliphatic carbocycles. The number of ether oxygens (including phenoxy) is 2. The Morgan fingerprint density at radius 1 is 1.12 bits per heavy atom. The summed E-state index contributed by atoms with van der Waals surface area (Å²) in [6.07, 6.45) is -0.530. The van der Waals surface area contributed by atoms with Crippen molar-refractivity contribution in [3.8, 4) is 0 Å². The zero-order valence-corrected chi connectivity index (χ0v) is 14.5. The van der Waals surface area contributed by atoms with E-state index in [0.717, 1.165) is 6.07 Å². The number of amides is 2. The summed E-state index contributed by atoms with van der Waals surface area (Å²) in [7, 11) is 0. The van der Waals surface area contributed by atoms with E-state index >= 15 is 0 Å². The molecule has 1 aromatic rings. The lowest BCUT2D eigenvalue weighted by molar-refractivity contribution is -0.156. The van der Waals surface area contributed by atoms with Gasteiger partial charge in [0.1, 0.15) is 11.9 Å². The van der Waals surface area contributed by atoms with Gasteiger partial charge < -0.3 is 20.5 Å². The van der Waals surface area contributed by atoms with Crippen LogP contribution in [0, 0.1) is 11.7 Å². The van der Waals surface area contributed by atoms with Gasteiger partial charge in [0.05, 0.1) is 31.1 Å². The van der Waals surface area contributed by atoms with Crippen LogP contribution in [-0.2, 0) is 23.9 Å². The van der Waals surface area contributed by atoms with E-state index in [1.807, 2.05) is 0 Å². The maximum absolute atomic E-state index is 13.7. The monoisotopic (exact) mass is 368 g/mol. The summed E-state index contributed by atoms with van der Waals surface area (Å²) in [5, 5.41) is 2.20. The molecule has 3 N–H and O–H groups in total. The first-order valence-corrected chi connectivity index (χ1v) is 7.98. The minimum Gasteiger partial charge on any atom is -0.466 e. The van der Waals surface area contributed by atoms with Gasteiger partial charge in [-0.2, -0.15) is 0 Å². The Hall–Kier alpha value is -2.97. The lowest BCUT2D eigenvalue weighted by Crippen LogP contribution is -2.52. The molecule has 0 aliphatic heterocycles. The zero-order chi connectivity index (χ0) is 19.7. The number of benzene rings is 1. The van der Waals surface area contributed by atoms with Crippen LogP contribution in [0.1, 0.15) is 30.6 Å². The van der Waals surface area contributed by atoms with Gasteiger partial charge in [0.2, 0.25) is 5.91 Å². The van der Waals surface area contributed by atoms with Crippen molar-refractivity contribution < 1.29 is 33.0 Å². The number of rotatable bonds is 9. The smallest absolute Gasteiger partial charge is 0.312 e. The Bertz CT molecular complexity index is 679. The summed E-state index contributed by atoms with van der Waals surface area (Å²) in [5.74, 6) is -5.91. The minimum atomic E-state index is -1.58. The molecular weight excluding hydrogens is 347 g/mol. The van der Waals surface area contributed by atoms with Gasteiger partial charge in [-0.25, -0.2) is 4.39 Å². The zero-order valence-electron chi connectivity index (χ0n) is 14.5. The topological polar surface area (TPSA) is 125 Å². The van der Waals surface area contributed by atoms with Crippen molar-refractivity contribution in [2.45, 2.75) is 26.3 Å². The van der Waals surface area contributed by atoms with Crippen LogP contribution in [0.5, 0.6) is 0 Å². The van der Waals surface area contributed by atoms with E-state index in [9.17, 15) is 23.6 Å². The number of esters is 2. The third kappa shape index (κ3) is 5.83. The second-order valence-corrected chi connectivity index (χ2v) is 5.20. The SMILES string of the molecule is CCOC(=O)C[C@H](C(=O)OCC)[C@H](NC(=O)c1ccccc1F)C(N)=O. The molecule has 0 saturated heterocycles. The molecule has 0 saturated carbocycles. The lowest BCUT2D eigenvalue weighted by Gasteiger charge is -2.23. The van der Waals surface area contributed by atoms with Gasteiger partial charge in [0, 0.05) is 0 Å². The van der Waals surface area contributed by atoms with Crippen molar-refractivity contribution in [2.75, 3.05) is 13.2 Å². The Morgan fingerprint density at radius 2 is 1.73 bits per heavy atom. The van der Waals surface area contributed by atoms with E-state index < -0.39 is 48.0 Å². The molecule has 9 heteroatoms. The van der Waals surface area contributed by atoms with Crippen LogP contribution in [-0.4, -0.2) is 43.0 Å². The Kier molecular flexibility index (Phi) is 8.20. The summed E-state index contributed by atoms with van der Waals surface area (Å²) >= 11 is 0. The fourth-order valence-corrected chi connectivity index (χ4v) is 2.22. The van der Waals surface area contributed by atoms with Crippen molar-refractivity contribution in [3.05, 3.63) is 35.6 Å². The minimum absolute atomic E-state index is 0.00903. The number of primary amides is 1. The summed E-state index contributed by atoms with van der Waals surface area (Å²) in [6.45, 7) is 3.17. The van der Waals surface area contributed by atoms with Gasteiger partial charge in [-0.1, -0.05) is 12.1 Å². The molecule has 0 bridgehead atoms. The molecule has 0 unspecified atom stereocenters. The number of halogens is 1. The van der Waals surface area contributed by atoms with Gasteiger partial charge >= 0.3 is 11.9 Å². The largest absolute Gasteiger partial charge is 0.466 e. The second-order valence-electron chi connectivity index (χ2n) is 5.20. The van der Waals surface area contributed by atoms with Crippen LogP contribution in [0.15, 0.2) is 24.3 Å². The number of hydrogen-bond donors (Lipinski definition) is 2. The molecule has 0 aromatic heterocycles. The Balaban J connectivity index is 3.08. The van der Waals surface area contributed by atoms with E-state index in [1.165, 1.54) is 25.1 Å². The van der Waals surface area contributed by atoms with E-state index in [2.05, 4.69) is 5.32 Å². The van der Waals surface area contributed by atoms with E-state index in [1.54, 1.807) is 6.92 Å². The van der Waals surface area contributed by atoms with E-state index in [0.29, 0.717) is 0 Å². The predicted molar refractivity (Wildman–Crippen MR) is 88.2 cm³/mol. The van der Waals surface area contributed by atoms with Gasteiger partial charge in [-0.05, 0) is 26.0 Å². The molecule has 0 aliphatic rings. The molecule has 26 heavy (non-hydrogen) atoms. The average Bonchev–Trinajstić information content (AvgIpc) is 2.58. The summed E-state index contributed by atoms with van der Waals surface area (Å²) in [6, 6.07) is 3.51. The quantitative estimate of drug-likeness (QED) is 0.613. The van der Waals surface area contributed by atoms with Gasteiger partial charge in [0.25, 0.3) is 5.91 Å². The van der Waals surface area contributed by atoms with Gasteiger partial charge in [-0.3, -0.25) is 19.2 Å². The van der Waals surface area contributed by atoms with Crippen molar-refractivity contribution in [2.24, 2.45) is 11.7 Å². The van der Waals surface area contributed by atoms with Crippen LogP contribution in [0.3, 0.4) is 0 Å². The molecule has 2 atom stereocenters. The van der Waals surface area contributed by atoms with E-state index in [4.69, 9.17) is 15.2 Å². The first kappa shape index (κ1) is 21.1. The van der Waals surface area contributed by atoms with Gasteiger partial charge in [0.15, 0.2) is 0 Å². The highest BCUT2D eigenvalue weighted by molar-refractivity contribution is 5.99. The molecule has 2 amide bonds. The van der Waals surface area contributed by atoms with Crippen LogP contribution in [0.25, 0.3) is 0 Å². The fourth-order valence-electron chi connectivity index (χ4n) is 2.22. The molecule has 8 nitrogen and oxygen atoms in total. The Morgan fingerprint density at radius 3 is 2.27 bits per heavy atom. The first-order valence-electron chi connectivity index (χ1n) is 7.98. The van der Waals surface area contributed by atoms with Crippen molar-refractivity contribution >= 4 is 23.8 Å². The maximum atomic E-state index is 13.7. The summed E-state index contributed by atoms with van der Waals surface area (Å²) in [5.41, 5.74) is 4.94. The Labute approximate surface area is 149 Å². The van der Waals surface area contributed by atoms with Crippen LogP contribution in [0.2, 0.25) is 0 Å². The summed E-state index contributed by atoms with van der Waals surface area (Å²) < 4.78 is 23.4. The number of carbonyl (C=O) groups excluding carboxylic acids is 4. The molecule has 142 valence electrons.